The summed E-state index contributed by atoms with van der Waals surface area (Å²) >= 11 is 0. The van der Waals surface area contributed by atoms with E-state index < -0.39 is 24.3 Å². The zero-order valence-corrected chi connectivity index (χ0v) is 41.9. The summed E-state index contributed by atoms with van der Waals surface area (Å²) in [4.78, 5) is 37.2. The Morgan fingerprint density at radius 1 is 0.484 bits per heavy atom. The lowest BCUT2D eigenvalue weighted by molar-refractivity contribution is -0.870. The molecule has 9 nitrogen and oxygen atoms in total. The predicted octanol–water partition coefficient (Wildman–Crippen LogP) is 14.5. The van der Waals surface area contributed by atoms with Crippen LogP contribution in [-0.4, -0.2) is 87.4 Å². The maximum Gasteiger partial charge on any atom is 0.361 e. The summed E-state index contributed by atoms with van der Waals surface area (Å²) in [5.74, 6) is -2.17. The number of carbonyl (C=O) groups is 3. The van der Waals surface area contributed by atoms with Gasteiger partial charge in [0.05, 0.1) is 40.8 Å². The van der Waals surface area contributed by atoms with E-state index in [-0.39, 0.29) is 38.6 Å². The number of nitrogens with zero attached hydrogens (tertiary/aromatic N) is 1. The van der Waals surface area contributed by atoms with Crippen molar-refractivity contribution in [2.45, 2.75) is 225 Å². The average Bonchev–Trinajstić information content (AvgIpc) is 3.26. The highest BCUT2D eigenvalue weighted by molar-refractivity contribution is 5.72. The zero-order valence-electron chi connectivity index (χ0n) is 41.9. The van der Waals surface area contributed by atoms with Gasteiger partial charge in [-0.1, -0.05) is 222 Å². The zero-order chi connectivity index (χ0) is 47.0. The largest absolute Gasteiger partial charge is 0.477 e. The Bertz CT molecular complexity index is 1230. The molecule has 0 aromatic heterocycles. The second-order valence-corrected chi connectivity index (χ2v) is 18.5. The van der Waals surface area contributed by atoms with Crippen molar-refractivity contribution in [3.05, 3.63) is 60.8 Å². The Morgan fingerprint density at radius 2 is 0.875 bits per heavy atom. The Kier molecular flexibility index (Phi) is 44.3. The minimum absolute atomic E-state index is 0.0276. The first-order valence-corrected chi connectivity index (χ1v) is 26.0. The number of rotatable bonds is 47. The molecular weight excluding hydrogens is 803 g/mol. The van der Waals surface area contributed by atoms with Crippen LogP contribution in [0, 0.1) is 0 Å². The highest BCUT2D eigenvalue weighted by Gasteiger charge is 2.25. The van der Waals surface area contributed by atoms with Crippen LogP contribution in [0.5, 0.6) is 0 Å². The molecule has 0 radical (unpaired) electrons. The maximum absolute atomic E-state index is 12.7. The van der Waals surface area contributed by atoms with Crippen molar-refractivity contribution >= 4 is 17.9 Å². The van der Waals surface area contributed by atoms with Gasteiger partial charge in [-0.15, -0.1) is 0 Å². The van der Waals surface area contributed by atoms with E-state index in [2.05, 4.69) is 56.4 Å². The molecule has 2 atom stereocenters. The van der Waals surface area contributed by atoms with E-state index in [0.717, 1.165) is 44.9 Å². The summed E-state index contributed by atoms with van der Waals surface area (Å²) < 4.78 is 22.7. The number of carboxylic acids is 1. The molecule has 370 valence electrons. The van der Waals surface area contributed by atoms with E-state index >= 15 is 0 Å². The molecule has 0 fully saturated rings. The first-order valence-electron chi connectivity index (χ1n) is 26.0. The first kappa shape index (κ1) is 61.0. The molecule has 0 saturated heterocycles. The molecule has 0 aliphatic rings. The highest BCUT2D eigenvalue weighted by atomic mass is 16.7. The minimum Gasteiger partial charge on any atom is -0.477 e. The second kappa shape index (κ2) is 46.5. The van der Waals surface area contributed by atoms with Crippen LogP contribution in [0.2, 0.25) is 0 Å². The number of esters is 2. The summed E-state index contributed by atoms with van der Waals surface area (Å²) in [6.07, 6.45) is 54.8. The second-order valence-electron chi connectivity index (χ2n) is 18.5. The van der Waals surface area contributed by atoms with Crippen LogP contribution < -0.4 is 0 Å². The van der Waals surface area contributed by atoms with Crippen LogP contribution in [0.3, 0.4) is 0 Å². The summed E-state index contributed by atoms with van der Waals surface area (Å²) in [6, 6.07) is 0. The molecule has 64 heavy (non-hydrogen) atoms. The molecule has 0 aliphatic heterocycles. The fourth-order valence-electron chi connectivity index (χ4n) is 7.09. The van der Waals surface area contributed by atoms with Gasteiger partial charge < -0.3 is 28.5 Å². The van der Waals surface area contributed by atoms with Crippen molar-refractivity contribution in [1.29, 1.82) is 0 Å². The van der Waals surface area contributed by atoms with Gasteiger partial charge in [-0.25, -0.2) is 4.79 Å². The van der Waals surface area contributed by atoms with Crippen molar-refractivity contribution in [3.63, 3.8) is 0 Å². The minimum atomic E-state index is -1.53. The van der Waals surface area contributed by atoms with Crippen molar-refractivity contribution in [2.75, 3.05) is 47.5 Å². The molecule has 0 bridgehead atoms. The molecule has 1 N–H and O–H groups in total. The molecule has 0 aromatic rings. The Morgan fingerprint density at radius 3 is 1.27 bits per heavy atom. The maximum atomic E-state index is 12.7. The molecule has 0 spiro atoms. The smallest absolute Gasteiger partial charge is 0.361 e. The van der Waals surface area contributed by atoms with Crippen LogP contribution >= 0.6 is 0 Å². The third-order valence-corrected chi connectivity index (χ3v) is 11.1. The lowest BCUT2D eigenvalue weighted by Crippen LogP contribution is -2.40. The summed E-state index contributed by atoms with van der Waals surface area (Å²) in [5.41, 5.74) is 0. The van der Waals surface area contributed by atoms with Gasteiger partial charge in [0.1, 0.15) is 13.2 Å². The van der Waals surface area contributed by atoms with Crippen molar-refractivity contribution < 1.29 is 42.9 Å². The summed E-state index contributed by atoms with van der Waals surface area (Å²) in [5, 5.41) is 9.65. The number of allylic oxidation sites excluding steroid dienone is 9. The topological polar surface area (TPSA) is 108 Å². The number of likely N-dealkylation sites (N-methyl/N-ethyl adjacent to an activating group) is 1. The third kappa shape index (κ3) is 47.0. The van der Waals surface area contributed by atoms with Gasteiger partial charge in [0, 0.05) is 6.42 Å². The van der Waals surface area contributed by atoms with Gasteiger partial charge in [-0.3, -0.25) is 9.59 Å². The lowest BCUT2D eigenvalue weighted by Gasteiger charge is -2.25. The normalized spacial score (nSPS) is 13.3. The molecular formula is C55H98NO8+. The molecule has 0 rings (SSSR count). The quantitative estimate of drug-likeness (QED) is 0.0211. The van der Waals surface area contributed by atoms with Gasteiger partial charge in [0.25, 0.3) is 6.29 Å². The fourth-order valence-corrected chi connectivity index (χ4v) is 7.09. The molecule has 0 aromatic carbocycles. The lowest BCUT2D eigenvalue weighted by atomic mass is 10.0. The van der Waals surface area contributed by atoms with E-state index in [1.807, 2.05) is 33.3 Å². The van der Waals surface area contributed by atoms with Crippen LogP contribution in [0.25, 0.3) is 0 Å². The number of carboxylic acid groups (broad SMARTS) is 1. The summed E-state index contributed by atoms with van der Waals surface area (Å²) in [6.45, 7) is 4.66. The molecule has 0 heterocycles. The van der Waals surface area contributed by atoms with Gasteiger partial charge >= 0.3 is 17.9 Å². The van der Waals surface area contributed by atoms with Crippen LogP contribution in [-0.2, 0) is 33.3 Å². The summed E-state index contributed by atoms with van der Waals surface area (Å²) in [7, 11) is 5.93. The standard InChI is InChI=1S/C55H97NO8/c1-6-8-10-12-14-16-18-20-22-23-24-25-26-27-28-29-30-32-33-35-37-39-41-43-45-52(57)62-49-51(50-63-55(54(59)60)61-48-47-56(3,4)5)64-53(58)46-44-42-40-38-36-34-31-21-19-17-15-13-11-9-7-2/h9,11,15,17,21,31,36,38,42,44,51,55H,6-8,10,12-14,16,18-20,22-30,32-35,37,39-41,43,45-50H2,1-5H3/p+1/b11-9-,17-15-,31-21-,38-36-,44-42-. The molecule has 0 amide bonds. The number of hydrogen-bond acceptors (Lipinski definition) is 7. The SMILES string of the molecule is CC/C=C\C/C=C\C/C=C\C/C=C\C/C=C\CC(=O)OC(COC(=O)CCCCCCCCCCCCCCCCCCCCCCCCCC)COC(OCC[N+](C)(C)C)C(=O)O. The number of carbonyl (C=O) groups excluding carboxylic acids is 2. The van der Waals surface area contributed by atoms with Crippen molar-refractivity contribution in [1.82, 2.24) is 0 Å². The Labute approximate surface area is 393 Å². The number of quaternary nitrogens is 1. The Hall–Kier alpha value is -3.01. The Balaban J connectivity index is 4.32. The van der Waals surface area contributed by atoms with E-state index in [9.17, 15) is 19.5 Å². The van der Waals surface area contributed by atoms with E-state index in [4.69, 9.17) is 18.9 Å². The van der Waals surface area contributed by atoms with Gasteiger partial charge in [-0.05, 0) is 38.5 Å². The molecule has 9 heteroatoms. The monoisotopic (exact) mass is 901 g/mol. The van der Waals surface area contributed by atoms with Crippen LogP contribution in [0.4, 0.5) is 0 Å². The van der Waals surface area contributed by atoms with Crippen molar-refractivity contribution in [3.8, 4) is 0 Å². The third-order valence-electron chi connectivity index (χ3n) is 11.1. The van der Waals surface area contributed by atoms with Crippen molar-refractivity contribution in [2.24, 2.45) is 0 Å². The highest BCUT2D eigenvalue weighted by Crippen LogP contribution is 2.16. The van der Waals surface area contributed by atoms with Crippen LogP contribution in [0.1, 0.15) is 213 Å². The molecule has 0 aliphatic carbocycles. The first-order chi connectivity index (χ1) is 31.1. The average molecular weight is 901 g/mol. The van der Waals surface area contributed by atoms with Gasteiger partial charge in [0.15, 0.2) is 6.10 Å². The number of aliphatic carboxylic acids is 1. The predicted molar refractivity (Wildman–Crippen MR) is 267 cm³/mol. The van der Waals surface area contributed by atoms with Gasteiger partial charge in [0.2, 0.25) is 0 Å². The van der Waals surface area contributed by atoms with Crippen LogP contribution in [0.15, 0.2) is 60.8 Å². The molecule has 2 unspecified atom stereocenters. The fraction of sp³-hybridized carbons (Fsp3) is 0.764. The number of unbranched alkanes of at least 4 members (excludes halogenated alkanes) is 23. The number of hydrogen-bond donors (Lipinski definition) is 1. The van der Waals surface area contributed by atoms with E-state index in [1.165, 1.54) is 135 Å². The van der Waals surface area contributed by atoms with E-state index in [0.29, 0.717) is 17.4 Å². The number of ether oxygens (including phenoxy) is 4. The molecule has 0 saturated carbocycles. The van der Waals surface area contributed by atoms with E-state index in [1.54, 1.807) is 6.08 Å². The van der Waals surface area contributed by atoms with Gasteiger partial charge in [-0.2, -0.15) is 0 Å².